The minimum absolute atomic E-state index is 0.213. The summed E-state index contributed by atoms with van der Waals surface area (Å²) in [6.45, 7) is 4.82. The van der Waals surface area contributed by atoms with Crippen LogP contribution in [0.25, 0.3) is 18.0 Å². The molecule has 0 bridgehead atoms. The number of carboxylic acid groups (broad SMARTS) is 1. The Morgan fingerprint density at radius 2 is 1.77 bits per heavy atom. The van der Waals surface area contributed by atoms with Crippen molar-refractivity contribution < 1.29 is 14.7 Å². The van der Waals surface area contributed by atoms with Gasteiger partial charge in [-0.1, -0.05) is 61.0 Å². The number of carbonyl (C=O) groups excluding carboxylic acids is 1. The fourth-order valence-corrected chi connectivity index (χ4v) is 6.85. The summed E-state index contributed by atoms with van der Waals surface area (Å²) in [4.78, 5) is 68.0. The van der Waals surface area contributed by atoms with E-state index in [1.807, 2.05) is 24.0 Å². The molecule has 242 valence electrons. The molecule has 1 atom stereocenters. The van der Waals surface area contributed by atoms with Crippen LogP contribution in [-0.2, 0) is 22.4 Å². The van der Waals surface area contributed by atoms with Crippen molar-refractivity contribution in [2.45, 2.75) is 32.6 Å². The average molecular weight is 662 g/mol. The topological polar surface area (TPSA) is 163 Å². The molecule has 7 rings (SSSR count). The number of benzene rings is 2. The van der Waals surface area contributed by atoms with E-state index < -0.39 is 23.1 Å². The van der Waals surface area contributed by atoms with Crippen LogP contribution in [0.4, 0.5) is 11.1 Å². The number of fused-ring (bicyclic) bond motifs is 2. The molecule has 2 aromatic carbocycles. The molecule has 1 aliphatic carbocycles. The number of aromatic nitrogens is 5. The Balaban J connectivity index is 1.17. The lowest BCUT2D eigenvalue weighted by molar-refractivity contribution is -0.136. The first-order valence-electron chi connectivity index (χ1n) is 15.5. The normalized spacial score (nSPS) is 15.3. The molecule has 1 aliphatic heterocycles. The number of nitrogens with zero attached hydrogens (tertiary/aromatic N) is 5. The summed E-state index contributed by atoms with van der Waals surface area (Å²) in [7, 11) is 0. The van der Waals surface area contributed by atoms with Crippen LogP contribution in [0.15, 0.2) is 69.8 Å². The minimum atomic E-state index is -0.992. The molecule has 2 aliphatic rings. The van der Waals surface area contributed by atoms with E-state index >= 15 is 0 Å². The van der Waals surface area contributed by atoms with E-state index in [9.17, 15) is 19.2 Å². The van der Waals surface area contributed by atoms with Gasteiger partial charge in [0.05, 0.1) is 18.0 Å². The predicted molar refractivity (Wildman–Crippen MR) is 183 cm³/mol. The van der Waals surface area contributed by atoms with Crippen LogP contribution in [0.5, 0.6) is 0 Å². The average Bonchev–Trinajstić information content (AvgIpc) is 3.40. The SMILES string of the molecule is CCc1ccc2c(c1)C=Cc1cc(C)ccc1C2c1cn(-c2ccnc(N3CC(C(=O)Nc4nc(CC(=O)O)cs4)C3)n2)c(=O)[nH]c1=O. The third kappa shape index (κ3) is 5.95. The van der Waals surface area contributed by atoms with E-state index in [0.29, 0.717) is 35.4 Å². The lowest BCUT2D eigenvalue weighted by Crippen LogP contribution is -2.52. The first kappa shape index (κ1) is 30.9. The van der Waals surface area contributed by atoms with Gasteiger partial charge in [0.1, 0.15) is 5.82 Å². The second-order valence-corrected chi connectivity index (χ2v) is 12.8. The molecule has 1 amide bonds. The van der Waals surface area contributed by atoms with E-state index in [1.54, 1.807) is 17.6 Å². The molecular weight excluding hydrogens is 630 g/mol. The van der Waals surface area contributed by atoms with E-state index in [0.717, 1.165) is 34.2 Å². The first-order chi connectivity index (χ1) is 23.2. The number of aliphatic carboxylic acids is 1. The van der Waals surface area contributed by atoms with Gasteiger partial charge in [0.15, 0.2) is 5.13 Å². The number of carboxylic acids is 1. The van der Waals surface area contributed by atoms with Gasteiger partial charge in [-0.15, -0.1) is 11.3 Å². The van der Waals surface area contributed by atoms with Crippen LogP contribution in [0.1, 0.15) is 57.5 Å². The third-order valence-electron chi connectivity index (χ3n) is 8.67. The van der Waals surface area contributed by atoms with Crippen molar-refractivity contribution in [2.24, 2.45) is 5.92 Å². The van der Waals surface area contributed by atoms with Crippen molar-refractivity contribution in [1.82, 2.24) is 24.5 Å². The molecule has 0 radical (unpaired) electrons. The van der Waals surface area contributed by atoms with Crippen LogP contribution >= 0.6 is 11.3 Å². The summed E-state index contributed by atoms with van der Waals surface area (Å²) >= 11 is 1.17. The molecular formula is C35H31N7O5S. The van der Waals surface area contributed by atoms with Crippen molar-refractivity contribution in [1.29, 1.82) is 0 Å². The van der Waals surface area contributed by atoms with Crippen molar-refractivity contribution in [2.75, 3.05) is 23.3 Å². The molecule has 48 heavy (non-hydrogen) atoms. The lowest BCUT2D eigenvalue weighted by atomic mass is 9.82. The molecule has 5 aromatic rings. The fraction of sp³-hybridized carbons (Fsp3) is 0.229. The Labute approximate surface area is 278 Å². The number of aromatic amines is 1. The molecule has 0 saturated carbocycles. The number of carbonyl (C=O) groups is 2. The largest absolute Gasteiger partial charge is 0.481 e. The quantitative estimate of drug-likeness (QED) is 0.219. The van der Waals surface area contributed by atoms with Crippen molar-refractivity contribution in [3.05, 3.63) is 126 Å². The highest BCUT2D eigenvalue weighted by molar-refractivity contribution is 7.13. The predicted octanol–water partition coefficient (Wildman–Crippen LogP) is 4.01. The monoisotopic (exact) mass is 661 g/mol. The Hall–Kier alpha value is -5.69. The fourth-order valence-electron chi connectivity index (χ4n) is 6.14. The number of nitrogens with one attached hydrogen (secondary N) is 2. The number of hydrogen-bond donors (Lipinski definition) is 3. The number of amides is 1. The van der Waals surface area contributed by atoms with E-state index in [1.165, 1.54) is 27.7 Å². The van der Waals surface area contributed by atoms with Gasteiger partial charge in [0.25, 0.3) is 5.56 Å². The number of rotatable bonds is 8. The van der Waals surface area contributed by atoms with Crippen molar-refractivity contribution in [3.63, 3.8) is 0 Å². The molecule has 1 unspecified atom stereocenters. The lowest BCUT2D eigenvalue weighted by Gasteiger charge is -2.38. The summed E-state index contributed by atoms with van der Waals surface area (Å²) in [6, 6.07) is 14.1. The molecule has 4 heterocycles. The van der Waals surface area contributed by atoms with Crippen LogP contribution in [0.3, 0.4) is 0 Å². The Bertz CT molecular complexity index is 2230. The van der Waals surface area contributed by atoms with Crippen molar-refractivity contribution in [3.8, 4) is 5.82 Å². The zero-order valence-corrected chi connectivity index (χ0v) is 27.0. The molecule has 3 aromatic heterocycles. The van der Waals surface area contributed by atoms with Gasteiger partial charge in [-0.05, 0) is 41.2 Å². The second-order valence-electron chi connectivity index (χ2n) is 11.9. The Kier molecular flexibility index (Phi) is 8.05. The maximum Gasteiger partial charge on any atom is 0.334 e. The molecule has 13 heteroatoms. The molecule has 3 N–H and O–H groups in total. The Morgan fingerprint density at radius 3 is 2.52 bits per heavy atom. The van der Waals surface area contributed by atoms with Gasteiger partial charge in [-0.25, -0.2) is 14.8 Å². The van der Waals surface area contributed by atoms with Crippen LogP contribution in [-0.4, -0.2) is 54.6 Å². The van der Waals surface area contributed by atoms with Gasteiger partial charge >= 0.3 is 11.7 Å². The zero-order chi connectivity index (χ0) is 33.5. The van der Waals surface area contributed by atoms with Crippen molar-refractivity contribution >= 4 is 46.4 Å². The summed E-state index contributed by atoms with van der Waals surface area (Å²) in [6.07, 6.45) is 7.94. The maximum absolute atomic E-state index is 13.6. The summed E-state index contributed by atoms with van der Waals surface area (Å²) in [5.74, 6) is -1.41. The standard InChI is InChI=1S/C35H31N7O5S/c1-3-20-5-9-26-22(13-20)7-6-21-12-19(2)4-8-25(21)30(26)27-17-42(35(47)40-32(27)46)28-10-11-36-33(38-28)41-15-23(16-41)31(45)39-34-37-24(18-48-34)14-29(43)44/h4-13,17-18,23,30H,3,14-16H2,1-2H3,(H,43,44)(H,37,39,45)(H,40,46,47). The van der Waals surface area contributed by atoms with Crippen LogP contribution in [0.2, 0.25) is 0 Å². The summed E-state index contributed by atoms with van der Waals surface area (Å²) < 4.78 is 1.33. The highest BCUT2D eigenvalue weighted by Crippen LogP contribution is 2.39. The first-order valence-corrected chi connectivity index (χ1v) is 16.4. The van der Waals surface area contributed by atoms with Gasteiger partial charge in [-0.2, -0.15) is 4.98 Å². The second kappa shape index (κ2) is 12.5. The number of aryl methyl sites for hydroxylation is 2. The van der Waals surface area contributed by atoms with Crippen LogP contribution < -0.4 is 21.5 Å². The Morgan fingerprint density at radius 1 is 1.02 bits per heavy atom. The number of anilines is 2. The third-order valence-corrected chi connectivity index (χ3v) is 9.48. The number of hydrogen-bond acceptors (Lipinski definition) is 9. The minimum Gasteiger partial charge on any atom is -0.481 e. The zero-order valence-electron chi connectivity index (χ0n) is 26.1. The van der Waals surface area contributed by atoms with Gasteiger partial charge < -0.3 is 15.3 Å². The number of H-pyrrole nitrogens is 1. The molecule has 1 saturated heterocycles. The van der Waals surface area contributed by atoms with E-state index in [2.05, 4.69) is 68.6 Å². The molecule has 12 nitrogen and oxygen atoms in total. The number of thiazole rings is 1. The highest BCUT2D eigenvalue weighted by Gasteiger charge is 2.35. The summed E-state index contributed by atoms with van der Waals surface area (Å²) in [5, 5.41) is 13.7. The summed E-state index contributed by atoms with van der Waals surface area (Å²) in [5.41, 5.74) is 5.92. The van der Waals surface area contributed by atoms with E-state index in [-0.39, 0.29) is 24.1 Å². The molecule has 1 fully saturated rings. The molecule has 0 spiro atoms. The highest BCUT2D eigenvalue weighted by atomic mass is 32.1. The van der Waals surface area contributed by atoms with Gasteiger partial charge in [0, 0.05) is 48.4 Å². The van der Waals surface area contributed by atoms with Gasteiger partial charge in [0.2, 0.25) is 11.9 Å². The van der Waals surface area contributed by atoms with Gasteiger partial charge in [-0.3, -0.25) is 23.9 Å². The smallest absolute Gasteiger partial charge is 0.334 e. The van der Waals surface area contributed by atoms with E-state index in [4.69, 9.17) is 5.11 Å². The van der Waals surface area contributed by atoms with Crippen LogP contribution in [0, 0.1) is 12.8 Å². The maximum atomic E-state index is 13.6.